The maximum atomic E-state index is 12.2. The van der Waals surface area contributed by atoms with E-state index in [1.54, 1.807) is 24.3 Å². The third-order valence-electron chi connectivity index (χ3n) is 4.15. The van der Waals surface area contributed by atoms with E-state index in [1.165, 1.54) is 10.6 Å². The Hall–Kier alpha value is -1.57. The molecule has 0 atom stereocenters. The minimum Gasteiger partial charge on any atom is -0.326 e. The van der Waals surface area contributed by atoms with E-state index in [0.717, 1.165) is 15.6 Å². The topological polar surface area (TPSA) is 66.5 Å². The number of carbonyl (C=O) groups is 1. The van der Waals surface area contributed by atoms with Gasteiger partial charge in [-0.25, -0.2) is 8.42 Å². The van der Waals surface area contributed by atoms with Crippen LogP contribution in [0.4, 0.5) is 11.4 Å². The number of sulfonamides is 1. The van der Waals surface area contributed by atoms with Crippen LogP contribution in [0.25, 0.3) is 0 Å². The molecule has 8 heteroatoms. The van der Waals surface area contributed by atoms with Gasteiger partial charge in [0.1, 0.15) is 0 Å². The molecule has 2 aromatic carbocycles. The molecule has 0 spiro atoms. The predicted molar refractivity (Wildman–Crippen MR) is 115 cm³/mol. The summed E-state index contributed by atoms with van der Waals surface area (Å²) in [4.78, 5) is 12.1. The summed E-state index contributed by atoms with van der Waals surface area (Å²) in [6.07, 6.45) is 1.77. The van der Waals surface area contributed by atoms with Crippen molar-refractivity contribution >= 4 is 54.8 Å². The van der Waals surface area contributed by atoms with Crippen molar-refractivity contribution in [2.24, 2.45) is 0 Å². The summed E-state index contributed by atoms with van der Waals surface area (Å²) >= 11 is 9.31. The monoisotopic (exact) mass is 472 g/mol. The van der Waals surface area contributed by atoms with Crippen LogP contribution in [-0.2, 0) is 14.8 Å². The number of hydrogen-bond acceptors (Lipinski definition) is 3. The highest BCUT2D eigenvalue weighted by molar-refractivity contribution is 9.10. The molecule has 5 nitrogen and oxygen atoms in total. The SMILES string of the molecule is Cc1ccc(N(CCCC(=O)Nc2ccc(Br)c(Cl)c2)S(C)(=O)=O)cc1C. The van der Waals surface area contributed by atoms with Crippen molar-refractivity contribution in [2.45, 2.75) is 26.7 Å². The quantitative estimate of drug-likeness (QED) is 0.622. The number of hydrogen-bond donors (Lipinski definition) is 1. The lowest BCUT2D eigenvalue weighted by molar-refractivity contribution is -0.116. The maximum absolute atomic E-state index is 12.2. The molecule has 27 heavy (non-hydrogen) atoms. The number of aryl methyl sites for hydroxylation is 2. The van der Waals surface area contributed by atoms with Crippen LogP contribution in [0.1, 0.15) is 24.0 Å². The van der Waals surface area contributed by atoms with Gasteiger partial charge in [0.2, 0.25) is 15.9 Å². The molecule has 1 N–H and O–H groups in total. The van der Waals surface area contributed by atoms with Gasteiger partial charge >= 0.3 is 0 Å². The van der Waals surface area contributed by atoms with Gasteiger partial charge in [-0.3, -0.25) is 9.10 Å². The predicted octanol–water partition coefficient (Wildman–Crippen LogP) is 4.90. The molecule has 2 rings (SSSR count). The van der Waals surface area contributed by atoms with Crippen molar-refractivity contribution in [2.75, 3.05) is 22.4 Å². The van der Waals surface area contributed by atoms with Crippen molar-refractivity contribution in [3.05, 3.63) is 57.0 Å². The van der Waals surface area contributed by atoms with Gasteiger partial charge in [0.15, 0.2) is 0 Å². The third-order valence-corrected chi connectivity index (χ3v) is 6.57. The fraction of sp³-hybridized carbons (Fsp3) is 0.316. The van der Waals surface area contributed by atoms with Gasteiger partial charge in [-0.05, 0) is 77.7 Å². The molecule has 0 aliphatic heterocycles. The zero-order chi connectivity index (χ0) is 20.2. The van der Waals surface area contributed by atoms with E-state index in [1.807, 2.05) is 26.0 Å². The van der Waals surface area contributed by atoms with E-state index in [9.17, 15) is 13.2 Å². The highest BCUT2D eigenvalue weighted by Crippen LogP contribution is 2.26. The molecule has 0 saturated heterocycles. The first-order valence-corrected chi connectivity index (χ1v) is 11.4. The van der Waals surface area contributed by atoms with Crippen molar-refractivity contribution in [3.63, 3.8) is 0 Å². The van der Waals surface area contributed by atoms with Gasteiger partial charge in [0, 0.05) is 23.1 Å². The Labute approximate surface area is 173 Å². The fourth-order valence-electron chi connectivity index (χ4n) is 2.55. The first-order chi connectivity index (χ1) is 12.6. The van der Waals surface area contributed by atoms with Gasteiger partial charge in [0.25, 0.3) is 0 Å². The Morgan fingerprint density at radius 3 is 2.44 bits per heavy atom. The van der Waals surface area contributed by atoms with Crippen molar-refractivity contribution in [1.82, 2.24) is 0 Å². The van der Waals surface area contributed by atoms with Gasteiger partial charge in [-0.15, -0.1) is 0 Å². The first kappa shape index (κ1) is 21.7. The summed E-state index contributed by atoms with van der Waals surface area (Å²) in [5.74, 6) is -0.193. The molecular weight excluding hydrogens is 452 g/mol. The van der Waals surface area contributed by atoms with Crippen LogP contribution in [0, 0.1) is 13.8 Å². The van der Waals surface area contributed by atoms with Crippen LogP contribution in [0.3, 0.4) is 0 Å². The van der Waals surface area contributed by atoms with Gasteiger partial charge in [0.05, 0.1) is 17.0 Å². The van der Waals surface area contributed by atoms with E-state index in [-0.39, 0.29) is 18.9 Å². The smallest absolute Gasteiger partial charge is 0.232 e. The van der Waals surface area contributed by atoms with Crippen LogP contribution < -0.4 is 9.62 Å². The normalized spacial score (nSPS) is 11.3. The Kier molecular flexibility index (Phi) is 7.31. The van der Waals surface area contributed by atoms with E-state index < -0.39 is 10.0 Å². The maximum Gasteiger partial charge on any atom is 0.232 e. The molecule has 2 aromatic rings. The molecule has 1 amide bonds. The molecule has 0 unspecified atom stereocenters. The van der Waals surface area contributed by atoms with Crippen LogP contribution in [0.15, 0.2) is 40.9 Å². The molecule has 0 radical (unpaired) electrons. The molecular formula is C19H22BrClN2O3S. The highest BCUT2D eigenvalue weighted by Gasteiger charge is 2.18. The first-order valence-electron chi connectivity index (χ1n) is 8.38. The van der Waals surface area contributed by atoms with Crippen LogP contribution in [0.2, 0.25) is 5.02 Å². The number of rotatable bonds is 7. The average molecular weight is 474 g/mol. The summed E-state index contributed by atoms with van der Waals surface area (Å²) < 4.78 is 26.4. The molecule has 0 aromatic heterocycles. The van der Waals surface area contributed by atoms with E-state index >= 15 is 0 Å². The van der Waals surface area contributed by atoms with Crippen LogP contribution in [-0.4, -0.2) is 27.1 Å². The fourth-order valence-corrected chi connectivity index (χ4v) is 3.93. The Balaban J connectivity index is 1.99. The number of anilines is 2. The number of carbonyl (C=O) groups excluding carboxylic acids is 1. The lowest BCUT2D eigenvalue weighted by Gasteiger charge is -2.23. The lowest BCUT2D eigenvalue weighted by Crippen LogP contribution is -2.31. The number of amides is 1. The number of halogens is 2. The molecule has 0 aliphatic carbocycles. The number of benzene rings is 2. The van der Waals surface area contributed by atoms with Gasteiger partial charge < -0.3 is 5.32 Å². The van der Waals surface area contributed by atoms with Gasteiger partial charge in [-0.1, -0.05) is 17.7 Å². The summed E-state index contributed by atoms with van der Waals surface area (Å²) in [6.45, 7) is 4.15. The number of nitrogens with zero attached hydrogens (tertiary/aromatic N) is 1. The van der Waals surface area contributed by atoms with E-state index in [0.29, 0.717) is 22.8 Å². The second kappa shape index (κ2) is 9.08. The molecule has 0 bridgehead atoms. The average Bonchev–Trinajstić information content (AvgIpc) is 2.57. The molecule has 146 valence electrons. The van der Waals surface area contributed by atoms with Crippen molar-refractivity contribution in [1.29, 1.82) is 0 Å². The van der Waals surface area contributed by atoms with E-state index in [4.69, 9.17) is 11.6 Å². The van der Waals surface area contributed by atoms with Crippen molar-refractivity contribution < 1.29 is 13.2 Å². The minimum atomic E-state index is -3.44. The second-order valence-corrected chi connectivity index (χ2v) is 9.55. The number of nitrogens with one attached hydrogen (secondary N) is 1. The Morgan fingerprint density at radius 2 is 1.85 bits per heavy atom. The third kappa shape index (κ3) is 6.23. The summed E-state index contributed by atoms with van der Waals surface area (Å²) in [7, 11) is -3.44. The Morgan fingerprint density at radius 1 is 1.15 bits per heavy atom. The second-order valence-electron chi connectivity index (χ2n) is 6.38. The zero-order valence-corrected chi connectivity index (χ0v) is 18.6. The summed E-state index contributed by atoms with van der Waals surface area (Å²) in [5, 5.41) is 3.27. The molecule has 0 heterocycles. The highest BCUT2D eigenvalue weighted by atomic mass is 79.9. The minimum absolute atomic E-state index is 0.193. The van der Waals surface area contributed by atoms with Crippen LogP contribution in [0.5, 0.6) is 0 Å². The lowest BCUT2D eigenvalue weighted by atomic mass is 10.1. The largest absolute Gasteiger partial charge is 0.326 e. The molecule has 0 aliphatic rings. The molecule has 0 saturated carbocycles. The summed E-state index contributed by atoms with van der Waals surface area (Å²) in [5.41, 5.74) is 3.33. The standard InChI is InChI=1S/C19H22BrClN2O3S/c1-13-6-8-16(11-14(13)2)23(27(3,25)26)10-4-5-19(24)22-15-7-9-17(20)18(21)12-15/h6-9,11-12H,4-5,10H2,1-3H3,(H,22,24). The van der Waals surface area contributed by atoms with Crippen molar-refractivity contribution in [3.8, 4) is 0 Å². The Bertz CT molecular complexity index is 948. The van der Waals surface area contributed by atoms with Crippen LogP contribution >= 0.6 is 27.5 Å². The summed E-state index contributed by atoms with van der Waals surface area (Å²) in [6, 6.07) is 10.7. The van der Waals surface area contributed by atoms with Gasteiger partial charge in [-0.2, -0.15) is 0 Å². The zero-order valence-electron chi connectivity index (χ0n) is 15.4. The van der Waals surface area contributed by atoms with E-state index in [2.05, 4.69) is 21.2 Å². The molecule has 0 fully saturated rings.